The van der Waals surface area contributed by atoms with Crippen molar-refractivity contribution in [1.82, 2.24) is 0 Å². The Labute approximate surface area is 139 Å². The fourth-order valence-corrected chi connectivity index (χ4v) is 9.75. The molecular weight excluding hydrogens is 340 g/mol. The van der Waals surface area contributed by atoms with Crippen molar-refractivity contribution < 1.29 is 4.43 Å². The largest absolute Gasteiger partial charge is 0.542 e. The lowest BCUT2D eigenvalue weighted by molar-refractivity contribution is 0.445. The zero-order chi connectivity index (χ0) is 15.8. The van der Waals surface area contributed by atoms with E-state index in [0.717, 1.165) is 12.2 Å². The minimum Gasteiger partial charge on any atom is -0.542 e. The van der Waals surface area contributed by atoms with Crippen LogP contribution in [0, 0.1) is 0 Å². The van der Waals surface area contributed by atoms with Gasteiger partial charge in [-0.1, -0.05) is 69.6 Å². The molecule has 0 amide bonds. The van der Waals surface area contributed by atoms with Gasteiger partial charge < -0.3 is 4.43 Å². The Hall–Kier alpha value is -0.543. The minimum atomic E-state index is -1.86. The van der Waals surface area contributed by atoms with E-state index in [-0.39, 0.29) is 0 Å². The Morgan fingerprint density at radius 1 is 1.00 bits per heavy atom. The summed E-state index contributed by atoms with van der Waals surface area (Å²) in [6.07, 6.45) is 3.25. The van der Waals surface area contributed by atoms with Gasteiger partial charge >= 0.3 is 0 Å². The molecule has 116 valence electrons. The number of hydrogen-bond acceptors (Lipinski definition) is 1. The average molecular weight is 367 g/mol. The van der Waals surface area contributed by atoms with E-state index in [0.29, 0.717) is 16.6 Å². The summed E-state index contributed by atoms with van der Waals surface area (Å²) in [5.74, 6) is 1.12. The van der Waals surface area contributed by atoms with E-state index in [4.69, 9.17) is 4.43 Å². The van der Waals surface area contributed by atoms with Crippen LogP contribution in [0.1, 0.15) is 52.7 Å². The second-order valence-electron chi connectivity index (χ2n) is 6.96. The van der Waals surface area contributed by atoms with E-state index in [2.05, 4.69) is 81.7 Å². The van der Waals surface area contributed by atoms with Crippen LogP contribution in [-0.4, -0.2) is 8.32 Å². The second kappa shape index (κ2) is 6.29. The van der Waals surface area contributed by atoms with Crippen molar-refractivity contribution in [2.45, 2.75) is 64.6 Å². The van der Waals surface area contributed by atoms with Gasteiger partial charge in [0.2, 0.25) is 0 Å². The third-order valence-corrected chi connectivity index (χ3v) is 11.6. The molecule has 2 rings (SSSR count). The molecule has 0 radical (unpaired) electrons. The molecule has 1 aliphatic rings. The van der Waals surface area contributed by atoms with Crippen molar-refractivity contribution in [3.63, 3.8) is 0 Å². The number of fused-ring (bicyclic) bond motifs is 1. The zero-order valence-corrected chi connectivity index (χ0v) is 16.6. The first-order valence-electron chi connectivity index (χ1n) is 7.97. The van der Waals surface area contributed by atoms with Crippen molar-refractivity contribution in [3.8, 4) is 0 Å². The van der Waals surface area contributed by atoms with Crippen molar-refractivity contribution in [2.24, 2.45) is 0 Å². The molecule has 0 unspecified atom stereocenters. The standard InChI is InChI=1S/C18H27BrOSi/c1-12(2)21(13(3)4,14(5)6)20-18-11-10-15-16(18)8-7-9-17(15)19/h7-9,11-14H,10H2,1-6H3. The third-order valence-electron chi connectivity index (χ3n) is 4.87. The van der Waals surface area contributed by atoms with Crippen LogP contribution < -0.4 is 0 Å². The molecule has 0 atom stereocenters. The summed E-state index contributed by atoms with van der Waals surface area (Å²) in [6.45, 7) is 14.0. The van der Waals surface area contributed by atoms with E-state index < -0.39 is 8.32 Å². The maximum absolute atomic E-state index is 6.84. The smallest absolute Gasteiger partial charge is 0.258 e. The fourth-order valence-electron chi connectivity index (χ4n) is 3.94. The molecule has 1 nitrogen and oxygen atoms in total. The molecule has 0 bridgehead atoms. The summed E-state index contributed by atoms with van der Waals surface area (Å²) in [6, 6.07) is 6.42. The Kier molecular flexibility index (Phi) is 5.04. The topological polar surface area (TPSA) is 9.23 Å². The Bertz CT molecular complexity index is 524. The van der Waals surface area contributed by atoms with Crippen LogP contribution in [0.25, 0.3) is 5.76 Å². The molecule has 0 aliphatic heterocycles. The lowest BCUT2D eigenvalue weighted by atomic mass is 10.1. The summed E-state index contributed by atoms with van der Waals surface area (Å²) >= 11 is 3.66. The van der Waals surface area contributed by atoms with Gasteiger partial charge in [0, 0.05) is 10.0 Å². The van der Waals surface area contributed by atoms with E-state index >= 15 is 0 Å². The quantitative estimate of drug-likeness (QED) is 0.537. The van der Waals surface area contributed by atoms with Crippen molar-refractivity contribution in [1.29, 1.82) is 0 Å². The molecule has 0 saturated heterocycles. The van der Waals surface area contributed by atoms with E-state index in [1.165, 1.54) is 15.6 Å². The highest BCUT2D eigenvalue weighted by Crippen LogP contribution is 2.46. The van der Waals surface area contributed by atoms with Gasteiger partial charge in [-0.15, -0.1) is 0 Å². The Morgan fingerprint density at radius 2 is 1.57 bits per heavy atom. The number of rotatable bonds is 5. The first-order chi connectivity index (χ1) is 9.80. The van der Waals surface area contributed by atoms with Gasteiger partial charge in [-0.3, -0.25) is 0 Å². The summed E-state index contributed by atoms with van der Waals surface area (Å²) < 4.78 is 8.04. The highest BCUT2D eigenvalue weighted by Gasteiger charge is 2.47. The molecule has 0 saturated carbocycles. The predicted octanol–water partition coefficient (Wildman–Crippen LogP) is 6.54. The molecule has 1 aliphatic carbocycles. The van der Waals surface area contributed by atoms with E-state index in [1.807, 2.05) is 0 Å². The van der Waals surface area contributed by atoms with Crippen LogP contribution in [0.3, 0.4) is 0 Å². The van der Waals surface area contributed by atoms with Crippen molar-refractivity contribution in [3.05, 3.63) is 39.9 Å². The summed E-state index contributed by atoms with van der Waals surface area (Å²) in [5, 5.41) is 0. The van der Waals surface area contributed by atoms with Gasteiger partial charge in [-0.05, 0) is 40.8 Å². The van der Waals surface area contributed by atoms with Crippen LogP contribution in [0.4, 0.5) is 0 Å². The second-order valence-corrected chi connectivity index (χ2v) is 13.2. The average Bonchev–Trinajstić information content (AvgIpc) is 2.79. The molecular formula is C18H27BrOSi. The number of halogens is 1. The highest BCUT2D eigenvalue weighted by molar-refractivity contribution is 9.10. The molecule has 1 aromatic carbocycles. The van der Waals surface area contributed by atoms with E-state index in [1.54, 1.807) is 0 Å². The number of hydrogen-bond donors (Lipinski definition) is 0. The third kappa shape index (κ3) is 2.87. The molecule has 0 aromatic heterocycles. The fraction of sp³-hybridized carbons (Fsp3) is 0.556. The molecule has 21 heavy (non-hydrogen) atoms. The monoisotopic (exact) mass is 366 g/mol. The van der Waals surface area contributed by atoms with Crippen molar-refractivity contribution >= 4 is 30.0 Å². The van der Waals surface area contributed by atoms with Crippen molar-refractivity contribution in [2.75, 3.05) is 0 Å². The van der Waals surface area contributed by atoms with E-state index in [9.17, 15) is 0 Å². The molecule has 0 fully saturated rings. The molecule has 0 spiro atoms. The predicted molar refractivity (Wildman–Crippen MR) is 98.0 cm³/mol. The summed E-state index contributed by atoms with van der Waals surface area (Å²) in [4.78, 5) is 0. The lowest BCUT2D eigenvalue weighted by Gasteiger charge is -2.42. The van der Waals surface area contributed by atoms with Crippen LogP contribution in [0.15, 0.2) is 28.7 Å². The number of benzene rings is 1. The molecule has 3 heteroatoms. The van der Waals surface area contributed by atoms with Crippen LogP contribution in [0.2, 0.25) is 16.6 Å². The highest BCUT2D eigenvalue weighted by atomic mass is 79.9. The van der Waals surface area contributed by atoms with Crippen LogP contribution in [0.5, 0.6) is 0 Å². The van der Waals surface area contributed by atoms with Gasteiger partial charge in [0.15, 0.2) is 0 Å². The normalized spacial score (nSPS) is 14.9. The van der Waals surface area contributed by atoms with Gasteiger partial charge in [0.1, 0.15) is 5.76 Å². The maximum atomic E-state index is 6.84. The summed E-state index contributed by atoms with van der Waals surface area (Å²) in [5.41, 5.74) is 4.47. The van der Waals surface area contributed by atoms with Gasteiger partial charge in [-0.25, -0.2) is 0 Å². The van der Waals surface area contributed by atoms with Gasteiger partial charge in [0.25, 0.3) is 8.32 Å². The van der Waals surface area contributed by atoms with Gasteiger partial charge in [0.05, 0.1) is 0 Å². The lowest BCUT2D eigenvalue weighted by Crippen LogP contribution is -2.47. The van der Waals surface area contributed by atoms with Crippen LogP contribution >= 0.6 is 15.9 Å². The van der Waals surface area contributed by atoms with Crippen LogP contribution in [-0.2, 0) is 10.8 Å². The Balaban J connectivity index is 2.39. The first kappa shape index (κ1) is 16.8. The molecule has 0 N–H and O–H groups in total. The maximum Gasteiger partial charge on any atom is 0.258 e. The SMILES string of the molecule is CC(C)[Si](OC1=CCc2c(Br)cccc21)(C(C)C)C(C)C. The zero-order valence-electron chi connectivity index (χ0n) is 14.0. The first-order valence-corrected chi connectivity index (χ1v) is 10.9. The Morgan fingerprint density at radius 3 is 2.10 bits per heavy atom. The minimum absolute atomic E-state index is 0.606. The molecule has 1 aromatic rings. The van der Waals surface area contributed by atoms with Gasteiger partial charge in [-0.2, -0.15) is 0 Å². The number of allylic oxidation sites excluding steroid dienone is 1. The summed E-state index contributed by atoms with van der Waals surface area (Å²) in [7, 11) is -1.86. The molecule has 0 heterocycles.